The smallest absolute Gasteiger partial charge is 0.277 e. The van der Waals surface area contributed by atoms with Gasteiger partial charge in [0.15, 0.2) is 0 Å². The molecule has 0 saturated heterocycles. The Kier molecular flexibility index (Phi) is 6.33. The van der Waals surface area contributed by atoms with E-state index in [1.54, 1.807) is 11.7 Å². The van der Waals surface area contributed by atoms with Gasteiger partial charge in [-0.2, -0.15) is 0 Å². The summed E-state index contributed by atoms with van der Waals surface area (Å²) in [6, 6.07) is 14.1. The molecule has 1 unspecified atom stereocenters. The van der Waals surface area contributed by atoms with Crippen molar-refractivity contribution in [2.24, 2.45) is 0 Å². The van der Waals surface area contributed by atoms with Gasteiger partial charge in [-0.05, 0) is 62.6 Å². The number of nitrogens with one attached hydrogen (secondary N) is 1. The molecule has 0 saturated carbocycles. The van der Waals surface area contributed by atoms with E-state index >= 15 is 0 Å². The summed E-state index contributed by atoms with van der Waals surface area (Å²) in [5.74, 6) is 1.46. The van der Waals surface area contributed by atoms with Crippen LogP contribution in [-0.2, 0) is 17.7 Å². The molecule has 1 heterocycles. The topological polar surface area (TPSA) is 65.4 Å². The number of nitrogens with zero attached hydrogens (tertiary/aromatic N) is 2. The minimum absolute atomic E-state index is 0.0187. The first-order valence-corrected chi connectivity index (χ1v) is 11.2. The van der Waals surface area contributed by atoms with Crippen LogP contribution in [-0.4, -0.2) is 29.4 Å². The van der Waals surface area contributed by atoms with E-state index in [-0.39, 0.29) is 17.7 Å². The summed E-state index contributed by atoms with van der Waals surface area (Å²) in [6.07, 6.45) is 0.814. The fourth-order valence-electron chi connectivity index (χ4n) is 4.59. The molecule has 4 rings (SSSR count). The lowest BCUT2D eigenvalue weighted by Crippen LogP contribution is -2.32. The van der Waals surface area contributed by atoms with Gasteiger partial charge >= 0.3 is 0 Å². The number of aromatic nitrogens is 2. The first-order chi connectivity index (χ1) is 15.5. The highest BCUT2D eigenvalue weighted by atomic mass is 16.5. The summed E-state index contributed by atoms with van der Waals surface area (Å²) in [4.78, 5) is 18.5. The van der Waals surface area contributed by atoms with E-state index in [1.807, 2.05) is 58.0 Å². The van der Waals surface area contributed by atoms with Gasteiger partial charge in [0.2, 0.25) is 0 Å². The molecule has 0 fully saturated rings. The van der Waals surface area contributed by atoms with Crippen LogP contribution in [0.1, 0.15) is 42.3 Å². The van der Waals surface area contributed by atoms with E-state index in [0.717, 1.165) is 23.3 Å². The predicted octanol–water partition coefficient (Wildman–Crippen LogP) is 4.67. The summed E-state index contributed by atoms with van der Waals surface area (Å²) in [6.45, 7) is 9.03. The molecule has 6 heteroatoms. The highest BCUT2D eigenvalue weighted by Crippen LogP contribution is 2.36. The van der Waals surface area contributed by atoms with Gasteiger partial charge in [0.25, 0.3) is 5.56 Å². The van der Waals surface area contributed by atoms with Crippen molar-refractivity contribution in [2.75, 3.05) is 19.0 Å². The minimum Gasteiger partial charge on any atom is -0.497 e. The normalized spacial score (nSPS) is 17.3. The molecule has 1 N–H and O–H groups in total. The van der Waals surface area contributed by atoms with E-state index in [0.29, 0.717) is 30.4 Å². The fourth-order valence-corrected chi connectivity index (χ4v) is 4.59. The molecule has 0 radical (unpaired) electrons. The van der Waals surface area contributed by atoms with Crippen LogP contribution >= 0.6 is 0 Å². The highest BCUT2D eigenvalue weighted by molar-refractivity contribution is 5.64. The summed E-state index contributed by atoms with van der Waals surface area (Å²) in [5, 5.41) is 3.51. The van der Waals surface area contributed by atoms with Crippen LogP contribution in [0.3, 0.4) is 0 Å². The third-order valence-corrected chi connectivity index (χ3v) is 6.20. The van der Waals surface area contributed by atoms with Crippen LogP contribution in [0.25, 0.3) is 11.4 Å². The van der Waals surface area contributed by atoms with Crippen LogP contribution in [0.4, 0.5) is 5.69 Å². The zero-order chi connectivity index (χ0) is 22.8. The van der Waals surface area contributed by atoms with Crippen LogP contribution in [0, 0.1) is 13.8 Å². The van der Waals surface area contributed by atoms with Crippen molar-refractivity contribution in [2.45, 2.75) is 52.8 Å². The second-order valence-corrected chi connectivity index (χ2v) is 8.14. The molecule has 0 spiro atoms. The van der Waals surface area contributed by atoms with Gasteiger partial charge in [-0.15, -0.1) is 0 Å². The van der Waals surface area contributed by atoms with E-state index in [2.05, 4.69) is 17.4 Å². The molecule has 2 aromatic carbocycles. The third-order valence-electron chi connectivity index (χ3n) is 6.20. The van der Waals surface area contributed by atoms with Gasteiger partial charge in [0, 0.05) is 25.1 Å². The maximum absolute atomic E-state index is 13.6. The van der Waals surface area contributed by atoms with E-state index in [4.69, 9.17) is 14.5 Å². The molecule has 1 aliphatic carbocycles. The summed E-state index contributed by atoms with van der Waals surface area (Å²) in [5.41, 5.74) is 5.54. The van der Waals surface area contributed by atoms with Crippen LogP contribution < -0.4 is 15.6 Å². The number of anilines is 1. The second-order valence-electron chi connectivity index (χ2n) is 8.14. The zero-order valence-corrected chi connectivity index (χ0v) is 19.4. The molecule has 2 atom stereocenters. The molecule has 3 aromatic rings. The number of rotatable bonds is 7. The average molecular weight is 434 g/mol. The van der Waals surface area contributed by atoms with Gasteiger partial charge in [0.1, 0.15) is 17.3 Å². The Labute approximate surface area is 189 Å². The van der Waals surface area contributed by atoms with Gasteiger partial charge < -0.3 is 14.8 Å². The number of fused-ring (bicyclic) bond motifs is 1. The Hall–Kier alpha value is -3.12. The predicted molar refractivity (Wildman–Crippen MR) is 128 cm³/mol. The monoisotopic (exact) mass is 433 g/mol. The maximum atomic E-state index is 13.6. The van der Waals surface area contributed by atoms with Crippen LogP contribution in [0.15, 0.2) is 47.3 Å². The number of ether oxygens (including phenoxy) is 2. The molecule has 168 valence electrons. The van der Waals surface area contributed by atoms with Gasteiger partial charge in [-0.3, -0.25) is 9.36 Å². The van der Waals surface area contributed by atoms with E-state index in [1.165, 1.54) is 11.1 Å². The Morgan fingerprint density at radius 2 is 1.94 bits per heavy atom. The van der Waals surface area contributed by atoms with Gasteiger partial charge in [-0.25, -0.2) is 4.98 Å². The molecule has 1 aromatic heterocycles. The number of hydrogen-bond acceptors (Lipinski definition) is 5. The van der Waals surface area contributed by atoms with Crippen molar-refractivity contribution < 1.29 is 9.47 Å². The molecule has 32 heavy (non-hydrogen) atoms. The fraction of sp³-hybridized carbons (Fsp3) is 0.385. The average Bonchev–Trinajstić information content (AvgIpc) is 3.13. The molecular formula is C26H31N3O3. The lowest BCUT2D eigenvalue weighted by atomic mass is 10.1. The number of hydrogen-bond donors (Lipinski definition) is 1. The zero-order valence-electron chi connectivity index (χ0n) is 19.4. The van der Waals surface area contributed by atoms with Gasteiger partial charge in [-0.1, -0.05) is 24.3 Å². The molecule has 6 nitrogen and oxygen atoms in total. The SMILES string of the molecule is CCO[C@H]1Cc2ccccc2C1Nc1c(C)nc(-c2ccc(OC)cc2C)n(CC)c1=O. The lowest BCUT2D eigenvalue weighted by molar-refractivity contribution is 0.0574. The molecule has 0 aliphatic heterocycles. The Morgan fingerprint density at radius 3 is 2.62 bits per heavy atom. The van der Waals surface area contributed by atoms with Crippen LogP contribution in [0.2, 0.25) is 0 Å². The molecule has 0 bridgehead atoms. The Morgan fingerprint density at radius 1 is 1.16 bits per heavy atom. The number of benzene rings is 2. The molecule has 1 aliphatic rings. The summed E-state index contributed by atoms with van der Waals surface area (Å²) in [7, 11) is 1.65. The van der Waals surface area contributed by atoms with Crippen molar-refractivity contribution in [3.63, 3.8) is 0 Å². The number of methoxy groups -OCH3 is 1. The summed E-state index contributed by atoms with van der Waals surface area (Å²) >= 11 is 0. The van der Waals surface area contributed by atoms with Crippen molar-refractivity contribution >= 4 is 5.69 Å². The molecular weight excluding hydrogens is 402 g/mol. The Bertz CT molecular complexity index is 1190. The van der Waals surface area contributed by atoms with E-state index < -0.39 is 0 Å². The van der Waals surface area contributed by atoms with Crippen molar-refractivity contribution in [1.29, 1.82) is 0 Å². The minimum atomic E-state index is -0.0850. The maximum Gasteiger partial charge on any atom is 0.277 e. The summed E-state index contributed by atoms with van der Waals surface area (Å²) < 4.78 is 13.1. The standard InChI is InChI=1S/C26H31N3O3/c1-6-29-25(20-13-12-19(31-5)14-16(20)3)27-17(4)23(26(29)30)28-24-21-11-9-8-10-18(21)15-22(24)32-7-2/h8-14,22,24,28H,6-7,15H2,1-5H3/t22-,24?/m0/s1. The second kappa shape index (κ2) is 9.17. The van der Waals surface area contributed by atoms with Gasteiger partial charge in [0.05, 0.1) is 24.9 Å². The van der Waals surface area contributed by atoms with Crippen molar-refractivity contribution in [1.82, 2.24) is 9.55 Å². The highest BCUT2D eigenvalue weighted by Gasteiger charge is 2.34. The quantitative estimate of drug-likeness (QED) is 0.587. The molecule has 0 amide bonds. The van der Waals surface area contributed by atoms with Crippen molar-refractivity contribution in [3.05, 3.63) is 75.2 Å². The Balaban J connectivity index is 1.77. The van der Waals surface area contributed by atoms with Crippen LogP contribution in [0.5, 0.6) is 5.75 Å². The third kappa shape index (κ3) is 3.91. The first-order valence-electron chi connectivity index (χ1n) is 11.2. The lowest BCUT2D eigenvalue weighted by Gasteiger charge is -2.24. The van der Waals surface area contributed by atoms with Crippen molar-refractivity contribution in [3.8, 4) is 17.1 Å². The first kappa shape index (κ1) is 22.1. The number of aryl methyl sites for hydroxylation is 2. The largest absolute Gasteiger partial charge is 0.497 e. The van der Waals surface area contributed by atoms with E-state index in [9.17, 15) is 4.79 Å².